The molecule has 0 aliphatic carbocycles. The molecule has 8 nitrogen and oxygen atoms in total. The van der Waals surface area contributed by atoms with Crippen molar-refractivity contribution in [1.82, 2.24) is 25.1 Å². The lowest BCUT2D eigenvalue weighted by Crippen LogP contribution is -2.37. The number of rotatable bonds is 5. The molecule has 0 fully saturated rings. The molecule has 0 saturated carbocycles. The smallest absolute Gasteiger partial charge is 0.241 e. The van der Waals surface area contributed by atoms with Crippen molar-refractivity contribution in [3.63, 3.8) is 0 Å². The van der Waals surface area contributed by atoms with Crippen LogP contribution in [0.15, 0.2) is 55.2 Å². The predicted octanol–water partition coefficient (Wildman–Crippen LogP) is 1.86. The lowest BCUT2D eigenvalue weighted by molar-refractivity contribution is -0.117. The zero-order chi connectivity index (χ0) is 17.9. The molecule has 0 spiro atoms. The first kappa shape index (κ1) is 16.0. The standard InChI is InChI=1S/C18H17N7O/c19-16(7-14-2-4-23-25-14)18(26)24-15-6-13(8-20-10-15)12-5-11-1-3-21-17(11)22-9-12/h1-6,8-10,16H,7,19H2,(H,21,22)(H,23,25)(H,24,26). The molecule has 4 aromatic rings. The molecular formula is C18H17N7O. The van der Waals surface area contributed by atoms with Gasteiger partial charge in [0.15, 0.2) is 0 Å². The van der Waals surface area contributed by atoms with Gasteiger partial charge in [0, 0.05) is 53.4 Å². The fourth-order valence-corrected chi connectivity index (χ4v) is 2.73. The van der Waals surface area contributed by atoms with E-state index in [9.17, 15) is 4.79 Å². The summed E-state index contributed by atoms with van der Waals surface area (Å²) in [6.45, 7) is 0. The lowest BCUT2D eigenvalue weighted by Gasteiger charge is -2.12. The van der Waals surface area contributed by atoms with Crippen LogP contribution in [0.3, 0.4) is 0 Å². The van der Waals surface area contributed by atoms with Crippen molar-refractivity contribution in [3.05, 3.63) is 60.9 Å². The van der Waals surface area contributed by atoms with Crippen molar-refractivity contribution >= 4 is 22.6 Å². The van der Waals surface area contributed by atoms with E-state index in [2.05, 4.69) is 30.5 Å². The Morgan fingerprint density at radius 2 is 2.08 bits per heavy atom. The van der Waals surface area contributed by atoms with Crippen molar-refractivity contribution in [3.8, 4) is 11.1 Å². The van der Waals surface area contributed by atoms with E-state index in [1.54, 1.807) is 30.9 Å². The van der Waals surface area contributed by atoms with E-state index < -0.39 is 6.04 Å². The van der Waals surface area contributed by atoms with Gasteiger partial charge < -0.3 is 16.0 Å². The summed E-state index contributed by atoms with van der Waals surface area (Å²) >= 11 is 0. The summed E-state index contributed by atoms with van der Waals surface area (Å²) in [7, 11) is 0. The molecule has 4 aromatic heterocycles. The maximum atomic E-state index is 12.3. The van der Waals surface area contributed by atoms with Crippen LogP contribution < -0.4 is 11.1 Å². The van der Waals surface area contributed by atoms with Gasteiger partial charge >= 0.3 is 0 Å². The minimum Gasteiger partial charge on any atom is -0.346 e. The van der Waals surface area contributed by atoms with Crippen LogP contribution in [-0.4, -0.2) is 37.1 Å². The van der Waals surface area contributed by atoms with Crippen LogP contribution in [0.5, 0.6) is 0 Å². The van der Waals surface area contributed by atoms with Gasteiger partial charge in [-0.25, -0.2) is 4.98 Å². The summed E-state index contributed by atoms with van der Waals surface area (Å²) in [5, 5.41) is 10.5. The average Bonchev–Trinajstić information content (AvgIpc) is 3.32. The molecule has 8 heteroatoms. The first-order valence-corrected chi connectivity index (χ1v) is 8.12. The van der Waals surface area contributed by atoms with E-state index in [1.165, 1.54) is 0 Å². The SMILES string of the molecule is NC(Cc1ccn[nH]1)C(=O)Nc1cncc(-c2cnc3[nH]ccc3c2)c1. The quantitative estimate of drug-likeness (QED) is 0.438. The van der Waals surface area contributed by atoms with Crippen molar-refractivity contribution in [1.29, 1.82) is 0 Å². The van der Waals surface area contributed by atoms with E-state index >= 15 is 0 Å². The van der Waals surface area contributed by atoms with Crippen molar-refractivity contribution < 1.29 is 4.79 Å². The number of carbonyl (C=O) groups is 1. The number of hydrogen-bond donors (Lipinski definition) is 4. The topological polar surface area (TPSA) is 125 Å². The highest BCUT2D eigenvalue weighted by molar-refractivity contribution is 5.95. The highest BCUT2D eigenvalue weighted by Crippen LogP contribution is 2.23. The molecule has 0 saturated heterocycles. The Bertz CT molecular complexity index is 1040. The van der Waals surface area contributed by atoms with Gasteiger partial charge in [-0.2, -0.15) is 5.10 Å². The number of pyridine rings is 2. The van der Waals surface area contributed by atoms with Gasteiger partial charge in [0.2, 0.25) is 5.91 Å². The number of fused-ring (bicyclic) bond motifs is 1. The fourth-order valence-electron chi connectivity index (χ4n) is 2.73. The van der Waals surface area contributed by atoms with Gasteiger partial charge in [-0.1, -0.05) is 0 Å². The average molecular weight is 347 g/mol. The van der Waals surface area contributed by atoms with Gasteiger partial charge in [-0.3, -0.25) is 14.9 Å². The Kier molecular flexibility index (Phi) is 4.16. The number of carbonyl (C=O) groups excluding carboxylic acids is 1. The number of amides is 1. The van der Waals surface area contributed by atoms with E-state index in [-0.39, 0.29) is 5.91 Å². The largest absolute Gasteiger partial charge is 0.346 e. The number of aromatic nitrogens is 5. The summed E-state index contributed by atoms with van der Waals surface area (Å²) in [5.74, 6) is -0.280. The Morgan fingerprint density at radius 1 is 1.19 bits per heavy atom. The Hall–Kier alpha value is -3.52. The number of aromatic amines is 2. The third-order valence-corrected chi connectivity index (χ3v) is 4.07. The second kappa shape index (κ2) is 6.77. The third kappa shape index (κ3) is 3.31. The minimum absolute atomic E-state index is 0.280. The molecular weight excluding hydrogens is 330 g/mol. The highest BCUT2D eigenvalue weighted by Gasteiger charge is 2.15. The number of H-pyrrole nitrogens is 2. The first-order chi connectivity index (χ1) is 12.7. The summed E-state index contributed by atoms with van der Waals surface area (Å²) < 4.78 is 0. The molecule has 0 radical (unpaired) electrons. The molecule has 0 aliphatic rings. The molecule has 0 aliphatic heterocycles. The van der Waals surface area contributed by atoms with Crippen LogP contribution >= 0.6 is 0 Å². The normalized spacial score (nSPS) is 12.2. The van der Waals surface area contributed by atoms with Crippen molar-refractivity contribution in [2.24, 2.45) is 5.73 Å². The predicted molar refractivity (Wildman–Crippen MR) is 98.2 cm³/mol. The Morgan fingerprint density at radius 3 is 2.92 bits per heavy atom. The lowest BCUT2D eigenvalue weighted by atomic mass is 10.1. The molecule has 4 rings (SSSR count). The molecule has 1 unspecified atom stereocenters. The van der Waals surface area contributed by atoms with Crippen LogP contribution in [0.2, 0.25) is 0 Å². The first-order valence-electron chi connectivity index (χ1n) is 8.12. The number of anilines is 1. The summed E-state index contributed by atoms with van der Waals surface area (Å²) in [4.78, 5) is 24.0. The molecule has 130 valence electrons. The number of hydrogen-bond acceptors (Lipinski definition) is 5. The van der Waals surface area contributed by atoms with E-state index in [0.29, 0.717) is 12.1 Å². The van der Waals surface area contributed by atoms with Crippen LogP contribution in [0.1, 0.15) is 5.69 Å². The zero-order valence-electron chi connectivity index (χ0n) is 13.8. The second-order valence-corrected chi connectivity index (χ2v) is 5.98. The third-order valence-electron chi connectivity index (χ3n) is 4.07. The second-order valence-electron chi connectivity index (χ2n) is 5.98. The van der Waals surface area contributed by atoms with Crippen molar-refractivity contribution in [2.45, 2.75) is 12.5 Å². The Labute approximate surface area is 148 Å². The van der Waals surface area contributed by atoms with Crippen LogP contribution in [0.4, 0.5) is 5.69 Å². The van der Waals surface area contributed by atoms with Crippen LogP contribution in [-0.2, 0) is 11.2 Å². The molecule has 0 aromatic carbocycles. The van der Waals surface area contributed by atoms with Crippen molar-refractivity contribution in [2.75, 3.05) is 5.32 Å². The zero-order valence-corrected chi connectivity index (χ0v) is 13.8. The van der Waals surface area contributed by atoms with Gasteiger partial charge in [-0.15, -0.1) is 0 Å². The fraction of sp³-hybridized carbons (Fsp3) is 0.111. The van der Waals surface area contributed by atoms with Gasteiger partial charge in [-0.05, 0) is 24.3 Å². The van der Waals surface area contributed by atoms with Crippen LogP contribution in [0.25, 0.3) is 22.2 Å². The summed E-state index contributed by atoms with van der Waals surface area (Å²) in [5.41, 5.74) is 9.97. The minimum atomic E-state index is -0.683. The summed E-state index contributed by atoms with van der Waals surface area (Å²) in [6.07, 6.45) is 8.95. The monoisotopic (exact) mass is 347 g/mol. The van der Waals surface area contributed by atoms with E-state index in [4.69, 9.17) is 5.73 Å². The van der Waals surface area contributed by atoms with E-state index in [0.717, 1.165) is 27.9 Å². The van der Waals surface area contributed by atoms with Gasteiger partial charge in [0.05, 0.1) is 17.9 Å². The van der Waals surface area contributed by atoms with Gasteiger partial charge in [0.1, 0.15) is 5.65 Å². The van der Waals surface area contributed by atoms with Gasteiger partial charge in [0.25, 0.3) is 0 Å². The molecule has 1 atom stereocenters. The number of nitrogens with two attached hydrogens (primary N) is 1. The molecule has 0 bridgehead atoms. The Balaban J connectivity index is 1.50. The maximum Gasteiger partial charge on any atom is 0.241 e. The molecule has 26 heavy (non-hydrogen) atoms. The summed E-state index contributed by atoms with van der Waals surface area (Å²) in [6, 6.07) is 6.94. The highest BCUT2D eigenvalue weighted by atomic mass is 16.2. The molecule has 1 amide bonds. The number of nitrogens with zero attached hydrogens (tertiary/aromatic N) is 3. The van der Waals surface area contributed by atoms with Crippen LogP contribution in [0, 0.1) is 0 Å². The molecule has 4 heterocycles. The maximum absolute atomic E-state index is 12.3. The number of nitrogens with one attached hydrogen (secondary N) is 3. The van der Waals surface area contributed by atoms with E-state index in [1.807, 2.05) is 24.4 Å². The molecule has 5 N–H and O–H groups in total.